The van der Waals surface area contributed by atoms with Crippen LogP contribution in [0.3, 0.4) is 0 Å². The first-order chi connectivity index (χ1) is 8.00. The van der Waals surface area contributed by atoms with Gasteiger partial charge in [0.25, 0.3) is 0 Å². The van der Waals surface area contributed by atoms with Crippen LogP contribution in [0.4, 0.5) is 0 Å². The van der Waals surface area contributed by atoms with Gasteiger partial charge in [0.2, 0.25) is 5.91 Å². The minimum atomic E-state index is 0.188. The van der Waals surface area contributed by atoms with Crippen LogP contribution in [0.5, 0.6) is 0 Å². The summed E-state index contributed by atoms with van der Waals surface area (Å²) >= 11 is 6.09. The number of likely N-dealkylation sites (tertiary alicyclic amines) is 1. The van der Waals surface area contributed by atoms with Crippen LogP contribution in [0.15, 0.2) is 0 Å². The summed E-state index contributed by atoms with van der Waals surface area (Å²) in [7, 11) is 0. The van der Waals surface area contributed by atoms with Crippen LogP contribution in [0.1, 0.15) is 52.4 Å². The van der Waals surface area contributed by atoms with E-state index in [0.717, 1.165) is 32.4 Å². The highest BCUT2D eigenvalue weighted by molar-refractivity contribution is 6.20. The molecule has 1 unspecified atom stereocenters. The van der Waals surface area contributed by atoms with E-state index in [4.69, 9.17) is 11.6 Å². The minimum absolute atomic E-state index is 0.188. The molecule has 1 heterocycles. The van der Waals surface area contributed by atoms with Crippen molar-refractivity contribution in [3.8, 4) is 0 Å². The normalized spacial score (nSPS) is 30.3. The molecule has 0 aromatic heterocycles. The molecule has 0 spiro atoms. The quantitative estimate of drug-likeness (QED) is 0.659. The van der Waals surface area contributed by atoms with Gasteiger partial charge in [-0.15, -0.1) is 11.6 Å². The molecule has 0 N–H and O–H groups in total. The molecule has 0 aromatic carbocycles. The fourth-order valence-corrected chi connectivity index (χ4v) is 3.44. The standard InChI is InChI=1S/C14H24ClNO/c1-14(2)8-4-3-5-12(14)13(17)16-9-6-11(15)7-10-16/h11-12H,3-10H2,1-2H3. The van der Waals surface area contributed by atoms with Gasteiger partial charge in [0.15, 0.2) is 0 Å². The molecule has 2 rings (SSSR count). The van der Waals surface area contributed by atoms with Crippen LogP contribution in [-0.2, 0) is 4.79 Å². The Kier molecular flexibility index (Phi) is 4.02. The molecule has 1 aliphatic carbocycles. The van der Waals surface area contributed by atoms with Gasteiger partial charge < -0.3 is 4.90 Å². The zero-order chi connectivity index (χ0) is 12.5. The van der Waals surface area contributed by atoms with Crippen molar-refractivity contribution in [2.24, 2.45) is 11.3 Å². The summed E-state index contributed by atoms with van der Waals surface area (Å²) in [6.07, 6.45) is 6.68. The molecular weight excluding hydrogens is 234 g/mol. The van der Waals surface area contributed by atoms with Gasteiger partial charge in [-0.2, -0.15) is 0 Å². The van der Waals surface area contributed by atoms with Gasteiger partial charge in [-0.25, -0.2) is 0 Å². The van der Waals surface area contributed by atoms with Crippen molar-refractivity contribution in [3.05, 3.63) is 0 Å². The van der Waals surface area contributed by atoms with Gasteiger partial charge in [0.05, 0.1) is 0 Å². The van der Waals surface area contributed by atoms with E-state index in [9.17, 15) is 4.79 Å². The van der Waals surface area contributed by atoms with Gasteiger partial charge in [-0.3, -0.25) is 4.79 Å². The van der Waals surface area contributed by atoms with E-state index in [0.29, 0.717) is 5.91 Å². The Bertz CT molecular complexity index is 282. The maximum absolute atomic E-state index is 12.6. The highest BCUT2D eigenvalue weighted by Crippen LogP contribution is 2.41. The molecule has 3 heteroatoms. The van der Waals surface area contributed by atoms with Gasteiger partial charge in [-0.1, -0.05) is 26.7 Å². The first-order valence-corrected chi connectivity index (χ1v) is 7.37. The fraction of sp³-hybridized carbons (Fsp3) is 0.929. The number of hydrogen-bond donors (Lipinski definition) is 0. The molecule has 0 radical (unpaired) electrons. The van der Waals surface area contributed by atoms with Gasteiger partial charge in [-0.05, 0) is 31.1 Å². The van der Waals surface area contributed by atoms with Crippen LogP contribution in [0, 0.1) is 11.3 Å². The monoisotopic (exact) mass is 257 g/mol. The van der Waals surface area contributed by atoms with Crippen molar-refractivity contribution in [2.45, 2.75) is 57.7 Å². The number of piperidine rings is 1. The Morgan fingerprint density at radius 2 is 1.82 bits per heavy atom. The topological polar surface area (TPSA) is 20.3 Å². The molecular formula is C14H24ClNO. The Hall–Kier alpha value is -0.240. The number of rotatable bonds is 1. The van der Waals surface area contributed by atoms with Gasteiger partial charge >= 0.3 is 0 Å². The summed E-state index contributed by atoms with van der Waals surface area (Å²) in [5.41, 5.74) is 0.188. The Morgan fingerprint density at radius 1 is 1.18 bits per heavy atom. The summed E-state index contributed by atoms with van der Waals surface area (Å²) in [6.45, 7) is 6.23. The second-order valence-corrected chi connectivity index (χ2v) is 6.90. The van der Waals surface area contributed by atoms with Crippen molar-refractivity contribution >= 4 is 17.5 Å². The molecule has 1 aliphatic heterocycles. The average Bonchev–Trinajstić information content (AvgIpc) is 2.28. The number of hydrogen-bond acceptors (Lipinski definition) is 1. The zero-order valence-electron chi connectivity index (χ0n) is 11.0. The van der Waals surface area contributed by atoms with E-state index in [2.05, 4.69) is 18.7 Å². The number of carbonyl (C=O) groups excluding carboxylic acids is 1. The SMILES string of the molecule is CC1(C)CCCCC1C(=O)N1CCC(Cl)CC1. The van der Waals surface area contributed by atoms with Gasteiger partial charge in [0.1, 0.15) is 0 Å². The molecule has 0 bridgehead atoms. The summed E-state index contributed by atoms with van der Waals surface area (Å²) in [6, 6.07) is 0. The fourth-order valence-electron chi connectivity index (χ4n) is 3.24. The van der Waals surface area contributed by atoms with E-state index in [1.807, 2.05) is 0 Å². The summed E-state index contributed by atoms with van der Waals surface area (Å²) in [5, 5.41) is 0.276. The first-order valence-electron chi connectivity index (χ1n) is 6.93. The lowest BCUT2D eigenvalue weighted by molar-refractivity contribution is -0.142. The summed E-state index contributed by atoms with van der Waals surface area (Å²) in [4.78, 5) is 14.6. The molecule has 17 heavy (non-hydrogen) atoms. The number of nitrogens with zero attached hydrogens (tertiary/aromatic N) is 1. The van der Waals surface area contributed by atoms with E-state index < -0.39 is 0 Å². The lowest BCUT2D eigenvalue weighted by Crippen LogP contribution is -2.46. The molecule has 1 amide bonds. The number of alkyl halides is 1. The third-order valence-electron chi connectivity index (χ3n) is 4.54. The number of amides is 1. The van der Waals surface area contributed by atoms with E-state index >= 15 is 0 Å². The molecule has 1 atom stereocenters. The van der Waals surface area contributed by atoms with Crippen LogP contribution in [0.25, 0.3) is 0 Å². The highest BCUT2D eigenvalue weighted by atomic mass is 35.5. The molecule has 0 aromatic rings. The van der Waals surface area contributed by atoms with E-state index in [1.165, 1.54) is 19.3 Å². The third kappa shape index (κ3) is 2.96. The molecule has 1 saturated carbocycles. The van der Waals surface area contributed by atoms with Crippen LogP contribution in [0.2, 0.25) is 0 Å². The smallest absolute Gasteiger partial charge is 0.226 e. The van der Waals surface area contributed by atoms with Crippen LogP contribution in [-0.4, -0.2) is 29.3 Å². The lowest BCUT2D eigenvalue weighted by Gasteiger charge is -2.41. The Labute approximate surface area is 110 Å². The average molecular weight is 258 g/mol. The van der Waals surface area contributed by atoms with Crippen molar-refractivity contribution in [2.75, 3.05) is 13.1 Å². The number of carbonyl (C=O) groups is 1. The second kappa shape index (κ2) is 5.17. The Morgan fingerprint density at radius 3 is 2.41 bits per heavy atom. The maximum atomic E-state index is 12.6. The summed E-state index contributed by atoms with van der Waals surface area (Å²) in [5.74, 6) is 0.626. The zero-order valence-corrected chi connectivity index (χ0v) is 11.8. The predicted octanol–water partition coefficient (Wildman–Crippen LogP) is 3.43. The van der Waals surface area contributed by atoms with Crippen molar-refractivity contribution in [3.63, 3.8) is 0 Å². The van der Waals surface area contributed by atoms with Crippen molar-refractivity contribution < 1.29 is 4.79 Å². The first kappa shape index (κ1) is 13.2. The minimum Gasteiger partial charge on any atom is -0.342 e. The molecule has 1 saturated heterocycles. The summed E-state index contributed by atoms with van der Waals surface area (Å²) < 4.78 is 0. The molecule has 98 valence electrons. The van der Waals surface area contributed by atoms with E-state index in [-0.39, 0.29) is 16.7 Å². The van der Waals surface area contributed by atoms with E-state index in [1.54, 1.807) is 0 Å². The molecule has 2 nitrogen and oxygen atoms in total. The Balaban J connectivity index is 1.99. The van der Waals surface area contributed by atoms with Crippen LogP contribution < -0.4 is 0 Å². The number of halogens is 1. The molecule has 2 fully saturated rings. The maximum Gasteiger partial charge on any atom is 0.226 e. The lowest BCUT2D eigenvalue weighted by atomic mass is 9.68. The highest BCUT2D eigenvalue weighted by Gasteiger charge is 2.39. The van der Waals surface area contributed by atoms with Crippen LogP contribution >= 0.6 is 11.6 Å². The largest absolute Gasteiger partial charge is 0.342 e. The van der Waals surface area contributed by atoms with Crippen molar-refractivity contribution in [1.29, 1.82) is 0 Å². The third-order valence-corrected chi connectivity index (χ3v) is 4.98. The van der Waals surface area contributed by atoms with Gasteiger partial charge in [0, 0.05) is 24.4 Å². The predicted molar refractivity (Wildman–Crippen MR) is 71.2 cm³/mol. The van der Waals surface area contributed by atoms with Crippen molar-refractivity contribution in [1.82, 2.24) is 4.90 Å². The second-order valence-electron chi connectivity index (χ2n) is 6.29. The molecule has 2 aliphatic rings.